The Bertz CT molecular complexity index is 973. The van der Waals surface area contributed by atoms with E-state index in [0.717, 1.165) is 42.5 Å². The van der Waals surface area contributed by atoms with Crippen LogP contribution in [0.25, 0.3) is 0 Å². The van der Waals surface area contributed by atoms with Crippen LogP contribution in [0.4, 0.5) is 5.69 Å². The van der Waals surface area contributed by atoms with Gasteiger partial charge in [0.25, 0.3) is 5.91 Å². The van der Waals surface area contributed by atoms with Crippen LogP contribution in [0.1, 0.15) is 40.7 Å². The number of anilines is 1. The molecule has 0 radical (unpaired) electrons. The average Bonchev–Trinajstić information content (AvgIpc) is 2.74. The van der Waals surface area contributed by atoms with Gasteiger partial charge in [-0.3, -0.25) is 14.6 Å². The monoisotopic (exact) mass is 563 g/mol. The maximum Gasteiger partial charge on any atom is 0.253 e. The fourth-order valence-corrected chi connectivity index (χ4v) is 3.52. The molecule has 1 aliphatic carbocycles. The normalized spacial score (nSPS) is 13.4. The molecule has 0 bridgehead atoms. The Morgan fingerprint density at radius 3 is 2.42 bits per heavy atom. The number of benzene rings is 2. The molecular formula is C25H34IN5O2. The van der Waals surface area contributed by atoms with E-state index in [4.69, 9.17) is 0 Å². The van der Waals surface area contributed by atoms with Gasteiger partial charge < -0.3 is 20.9 Å². The lowest BCUT2D eigenvalue weighted by atomic mass is 9.85. The van der Waals surface area contributed by atoms with Gasteiger partial charge in [-0.15, -0.1) is 24.0 Å². The van der Waals surface area contributed by atoms with Crippen LogP contribution in [0, 0.1) is 5.92 Å². The Morgan fingerprint density at radius 1 is 1.03 bits per heavy atom. The molecule has 7 nitrogen and oxygen atoms in total. The molecule has 0 unspecified atom stereocenters. The summed E-state index contributed by atoms with van der Waals surface area (Å²) in [6.45, 7) is 1.29. The summed E-state index contributed by atoms with van der Waals surface area (Å²) >= 11 is 0. The molecule has 0 spiro atoms. The Labute approximate surface area is 213 Å². The van der Waals surface area contributed by atoms with Crippen molar-refractivity contribution < 1.29 is 9.59 Å². The molecule has 3 rings (SSSR count). The number of carbonyl (C=O) groups excluding carboxylic acids is 2. The van der Waals surface area contributed by atoms with Crippen molar-refractivity contribution in [3.8, 4) is 0 Å². The first kappa shape index (κ1) is 26.6. The zero-order valence-electron chi connectivity index (χ0n) is 19.6. The van der Waals surface area contributed by atoms with E-state index in [1.165, 1.54) is 0 Å². The van der Waals surface area contributed by atoms with Gasteiger partial charge in [-0.2, -0.15) is 0 Å². The third-order valence-electron chi connectivity index (χ3n) is 5.64. The maximum atomic E-state index is 12.2. The van der Waals surface area contributed by atoms with Crippen LogP contribution in [-0.2, 0) is 17.8 Å². The Hall–Kier alpha value is -2.62. The second-order valence-electron chi connectivity index (χ2n) is 8.32. The second kappa shape index (κ2) is 13.2. The number of amides is 2. The first-order valence-electron chi connectivity index (χ1n) is 11.1. The summed E-state index contributed by atoms with van der Waals surface area (Å²) < 4.78 is 0. The molecular weight excluding hydrogens is 529 g/mol. The highest BCUT2D eigenvalue weighted by Gasteiger charge is 2.25. The number of rotatable bonds is 8. The molecule has 0 heterocycles. The predicted octanol–water partition coefficient (Wildman–Crippen LogP) is 3.65. The zero-order valence-corrected chi connectivity index (χ0v) is 21.9. The van der Waals surface area contributed by atoms with Gasteiger partial charge in [0, 0.05) is 51.4 Å². The fourth-order valence-electron chi connectivity index (χ4n) is 3.52. The molecule has 178 valence electrons. The van der Waals surface area contributed by atoms with Gasteiger partial charge in [0.1, 0.15) is 0 Å². The van der Waals surface area contributed by atoms with E-state index in [2.05, 4.69) is 20.9 Å². The Kier molecular flexibility index (Phi) is 10.6. The minimum atomic E-state index is 0. The van der Waals surface area contributed by atoms with Crippen molar-refractivity contribution in [2.75, 3.05) is 33.0 Å². The van der Waals surface area contributed by atoms with Crippen LogP contribution in [-0.4, -0.2) is 50.4 Å². The molecule has 33 heavy (non-hydrogen) atoms. The van der Waals surface area contributed by atoms with Gasteiger partial charge in [-0.05, 0) is 54.7 Å². The predicted molar refractivity (Wildman–Crippen MR) is 144 cm³/mol. The lowest BCUT2D eigenvalue weighted by Crippen LogP contribution is -2.37. The minimum absolute atomic E-state index is 0. The van der Waals surface area contributed by atoms with Crippen LogP contribution in [0.15, 0.2) is 53.5 Å². The van der Waals surface area contributed by atoms with Crippen molar-refractivity contribution >= 4 is 47.4 Å². The van der Waals surface area contributed by atoms with Crippen molar-refractivity contribution in [2.24, 2.45) is 10.9 Å². The molecule has 0 aliphatic heterocycles. The fraction of sp³-hybridized carbons (Fsp3) is 0.400. The van der Waals surface area contributed by atoms with Crippen molar-refractivity contribution in [2.45, 2.75) is 32.2 Å². The smallest absolute Gasteiger partial charge is 0.253 e. The van der Waals surface area contributed by atoms with Gasteiger partial charge in [-0.1, -0.05) is 30.7 Å². The van der Waals surface area contributed by atoms with Gasteiger partial charge in [-0.25, -0.2) is 0 Å². The summed E-state index contributed by atoms with van der Waals surface area (Å²) in [5.41, 5.74) is 3.68. The zero-order chi connectivity index (χ0) is 22.9. The van der Waals surface area contributed by atoms with Crippen LogP contribution < -0.4 is 16.0 Å². The van der Waals surface area contributed by atoms with Crippen molar-refractivity contribution in [1.29, 1.82) is 0 Å². The highest BCUT2D eigenvalue weighted by molar-refractivity contribution is 14.0. The van der Waals surface area contributed by atoms with Gasteiger partial charge >= 0.3 is 0 Å². The molecule has 8 heteroatoms. The van der Waals surface area contributed by atoms with Crippen LogP contribution >= 0.6 is 24.0 Å². The summed E-state index contributed by atoms with van der Waals surface area (Å²) in [4.78, 5) is 30.2. The lowest BCUT2D eigenvalue weighted by molar-refractivity contribution is -0.122. The second-order valence-corrected chi connectivity index (χ2v) is 8.32. The molecule has 0 atom stereocenters. The van der Waals surface area contributed by atoms with Gasteiger partial charge in [0.05, 0.1) is 0 Å². The highest BCUT2D eigenvalue weighted by Crippen LogP contribution is 2.27. The number of halogens is 1. The maximum absolute atomic E-state index is 12.2. The van der Waals surface area contributed by atoms with Crippen molar-refractivity contribution in [3.63, 3.8) is 0 Å². The number of guanidine groups is 1. The largest absolute Gasteiger partial charge is 0.356 e. The molecule has 0 aromatic heterocycles. The quantitative estimate of drug-likeness (QED) is 0.260. The number of nitrogens with one attached hydrogen (secondary N) is 3. The molecule has 1 fully saturated rings. The van der Waals surface area contributed by atoms with Crippen LogP contribution in [0.5, 0.6) is 0 Å². The number of hydrogen-bond acceptors (Lipinski definition) is 3. The Morgan fingerprint density at radius 2 is 1.76 bits per heavy atom. The summed E-state index contributed by atoms with van der Waals surface area (Å²) in [5, 5.41) is 9.64. The molecule has 2 aromatic carbocycles. The number of aliphatic imine (C=N–C) groups is 1. The Balaban J connectivity index is 0.00000385. The third-order valence-corrected chi connectivity index (χ3v) is 5.64. The summed E-state index contributed by atoms with van der Waals surface area (Å²) in [7, 11) is 5.25. The van der Waals surface area contributed by atoms with E-state index in [-0.39, 0.29) is 41.7 Å². The van der Waals surface area contributed by atoms with Crippen LogP contribution in [0.2, 0.25) is 0 Å². The topological polar surface area (TPSA) is 85.8 Å². The van der Waals surface area contributed by atoms with Crippen molar-refractivity contribution in [1.82, 2.24) is 15.5 Å². The van der Waals surface area contributed by atoms with E-state index in [9.17, 15) is 9.59 Å². The first-order chi connectivity index (χ1) is 15.5. The van der Waals surface area contributed by atoms with Crippen LogP contribution in [0.3, 0.4) is 0 Å². The lowest BCUT2D eigenvalue weighted by Gasteiger charge is -2.24. The van der Waals surface area contributed by atoms with E-state index >= 15 is 0 Å². The molecule has 1 aliphatic rings. The van der Waals surface area contributed by atoms with E-state index in [1.54, 1.807) is 26.0 Å². The first-order valence-corrected chi connectivity index (χ1v) is 11.1. The molecule has 2 amide bonds. The van der Waals surface area contributed by atoms with Crippen molar-refractivity contribution in [3.05, 3.63) is 65.2 Å². The number of hydrogen-bond donors (Lipinski definition) is 3. The third kappa shape index (κ3) is 8.03. The van der Waals surface area contributed by atoms with E-state index < -0.39 is 0 Å². The standard InChI is InChI=1S/C25H33N5O2.HI/c1-26-25(27-14-13-18-7-4-11-21(15-18)24(32)30(2)3)28-17-19-8-5-12-22(16-19)29-23(31)20-9-6-10-20;/h4-5,7-8,11-12,15-16,20H,6,9-10,13-14,17H2,1-3H3,(H,29,31)(H2,26,27,28);1H. The molecule has 3 N–H and O–H groups in total. The SMILES string of the molecule is CN=C(NCCc1cccc(C(=O)N(C)C)c1)NCc1cccc(NC(=O)C2CCC2)c1.I. The summed E-state index contributed by atoms with van der Waals surface area (Å²) in [6.07, 6.45) is 3.91. The summed E-state index contributed by atoms with van der Waals surface area (Å²) in [5.74, 6) is 0.995. The number of nitrogens with zero attached hydrogens (tertiary/aromatic N) is 2. The number of carbonyl (C=O) groups is 2. The van der Waals surface area contributed by atoms with Gasteiger partial charge in [0.15, 0.2) is 5.96 Å². The van der Waals surface area contributed by atoms with E-state index in [1.807, 2.05) is 48.5 Å². The summed E-state index contributed by atoms with van der Waals surface area (Å²) in [6, 6.07) is 15.6. The molecule has 1 saturated carbocycles. The molecule has 2 aromatic rings. The molecule has 0 saturated heterocycles. The van der Waals surface area contributed by atoms with Gasteiger partial charge in [0.2, 0.25) is 5.91 Å². The average molecular weight is 563 g/mol. The minimum Gasteiger partial charge on any atom is -0.356 e. The van der Waals surface area contributed by atoms with E-state index in [0.29, 0.717) is 24.6 Å². The highest BCUT2D eigenvalue weighted by atomic mass is 127.